The molecule has 22 heavy (non-hydrogen) atoms. The lowest BCUT2D eigenvalue weighted by Crippen LogP contribution is -2.67. The topological polar surface area (TPSA) is 64.6 Å². The summed E-state index contributed by atoms with van der Waals surface area (Å²) in [5.74, 6) is 1.29. The fraction of sp³-hybridized carbons (Fsp3) is 0.667. The summed E-state index contributed by atoms with van der Waals surface area (Å²) in [5, 5.41) is 0. The number of aryl methyl sites for hydroxylation is 1. The van der Waals surface area contributed by atoms with Gasteiger partial charge in [0.05, 0.1) is 37.3 Å². The van der Waals surface area contributed by atoms with Crippen LogP contribution in [0.3, 0.4) is 0 Å². The summed E-state index contributed by atoms with van der Waals surface area (Å²) in [7, 11) is 0. The number of nitrogens with zero attached hydrogens (tertiary/aromatic N) is 3. The molecule has 1 spiro atoms. The molecule has 1 aromatic heterocycles. The molecular formula is C15H21N3O3S. The van der Waals surface area contributed by atoms with Crippen LogP contribution in [-0.2, 0) is 9.53 Å². The fourth-order valence-electron chi connectivity index (χ4n) is 3.01. The van der Waals surface area contributed by atoms with E-state index in [4.69, 9.17) is 9.47 Å². The zero-order valence-electron chi connectivity index (χ0n) is 12.9. The van der Waals surface area contributed by atoms with Crippen molar-refractivity contribution in [2.45, 2.75) is 31.5 Å². The first-order valence-corrected chi connectivity index (χ1v) is 8.86. The lowest BCUT2D eigenvalue weighted by molar-refractivity contribution is -0.191. The minimum Gasteiger partial charge on any atom is -0.473 e. The van der Waals surface area contributed by atoms with Gasteiger partial charge in [0.25, 0.3) is 0 Å². The van der Waals surface area contributed by atoms with Crippen molar-refractivity contribution in [1.82, 2.24) is 14.9 Å². The van der Waals surface area contributed by atoms with Crippen molar-refractivity contribution in [3.63, 3.8) is 0 Å². The van der Waals surface area contributed by atoms with Gasteiger partial charge >= 0.3 is 0 Å². The van der Waals surface area contributed by atoms with Crippen LogP contribution >= 0.6 is 11.8 Å². The molecule has 3 rings (SSSR count). The Kier molecular flexibility index (Phi) is 4.54. The molecule has 2 saturated heterocycles. The lowest BCUT2D eigenvalue weighted by atomic mass is 9.84. The molecule has 2 aliphatic rings. The van der Waals surface area contributed by atoms with Gasteiger partial charge in [-0.05, 0) is 13.2 Å². The predicted octanol–water partition coefficient (Wildman–Crippen LogP) is 1.29. The largest absolute Gasteiger partial charge is 0.473 e. The number of hydrogen-bond donors (Lipinski definition) is 0. The number of likely N-dealkylation sites (tertiary alicyclic amines) is 1. The molecule has 0 aliphatic carbocycles. The summed E-state index contributed by atoms with van der Waals surface area (Å²) in [6.07, 6.45) is 7.01. The molecule has 0 radical (unpaired) electrons. The summed E-state index contributed by atoms with van der Waals surface area (Å²) in [4.78, 5) is 22.2. The van der Waals surface area contributed by atoms with Crippen LogP contribution in [0, 0.1) is 6.92 Å². The van der Waals surface area contributed by atoms with Gasteiger partial charge in [-0.1, -0.05) is 0 Å². The van der Waals surface area contributed by atoms with Crippen molar-refractivity contribution >= 4 is 17.7 Å². The Bertz CT molecular complexity index is 549. The monoisotopic (exact) mass is 323 g/mol. The van der Waals surface area contributed by atoms with E-state index in [0.717, 1.165) is 18.5 Å². The number of aromatic nitrogens is 2. The smallest absolute Gasteiger partial charge is 0.232 e. The molecular weight excluding hydrogens is 302 g/mol. The molecule has 0 aromatic carbocycles. The first-order chi connectivity index (χ1) is 10.6. The van der Waals surface area contributed by atoms with Crippen LogP contribution in [0.1, 0.15) is 18.5 Å². The van der Waals surface area contributed by atoms with Gasteiger partial charge in [-0.15, -0.1) is 0 Å². The van der Waals surface area contributed by atoms with Gasteiger partial charge in [0, 0.05) is 19.0 Å². The van der Waals surface area contributed by atoms with Crippen LogP contribution in [0.2, 0.25) is 0 Å². The Morgan fingerprint density at radius 3 is 3.09 bits per heavy atom. The van der Waals surface area contributed by atoms with E-state index in [1.807, 2.05) is 18.1 Å². The maximum absolute atomic E-state index is 11.9. The highest BCUT2D eigenvalue weighted by Crippen LogP contribution is 2.35. The van der Waals surface area contributed by atoms with E-state index in [9.17, 15) is 4.79 Å². The number of hydrogen-bond acceptors (Lipinski definition) is 6. The predicted molar refractivity (Wildman–Crippen MR) is 84.1 cm³/mol. The molecule has 1 amide bonds. The Labute approximate surface area is 134 Å². The highest BCUT2D eigenvalue weighted by atomic mass is 32.2. The van der Waals surface area contributed by atoms with Crippen molar-refractivity contribution in [1.29, 1.82) is 0 Å². The van der Waals surface area contributed by atoms with E-state index in [0.29, 0.717) is 31.3 Å². The summed E-state index contributed by atoms with van der Waals surface area (Å²) in [6, 6.07) is 0. The van der Waals surface area contributed by atoms with Crippen LogP contribution in [0.4, 0.5) is 0 Å². The van der Waals surface area contributed by atoms with Gasteiger partial charge in [0.1, 0.15) is 11.7 Å². The molecule has 120 valence electrons. The SMILES string of the molecule is CSCC(=O)N1CC2(C[C@H](Oc3cncc(C)n3)CCO2)C1. The maximum Gasteiger partial charge on any atom is 0.232 e. The zero-order valence-corrected chi connectivity index (χ0v) is 13.8. The van der Waals surface area contributed by atoms with Gasteiger partial charge in [0.15, 0.2) is 0 Å². The van der Waals surface area contributed by atoms with Crippen molar-refractivity contribution in [3.8, 4) is 5.88 Å². The van der Waals surface area contributed by atoms with E-state index in [1.54, 1.807) is 24.2 Å². The van der Waals surface area contributed by atoms with Crippen molar-refractivity contribution in [2.75, 3.05) is 31.7 Å². The molecule has 2 aliphatic heterocycles. The molecule has 0 saturated carbocycles. The Morgan fingerprint density at radius 1 is 1.55 bits per heavy atom. The third-order valence-corrected chi connectivity index (χ3v) is 4.58. The molecule has 0 unspecified atom stereocenters. The normalized spacial score (nSPS) is 23.2. The second-order valence-corrected chi connectivity index (χ2v) is 6.81. The zero-order chi connectivity index (χ0) is 15.6. The number of ether oxygens (including phenoxy) is 2. The maximum atomic E-state index is 11.9. The average molecular weight is 323 g/mol. The quantitative estimate of drug-likeness (QED) is 0.832. The highest BCUT2D eigenvalue weighted by molar-refractivity contribution is 7.99. The van der Waals surface area contributed by atoms with Crippen molar-refractivity contribution in [2.24, 2.45) is 0 Å². The Morgan fingerprint density at radius 2 is 2.36 bits per heavy atom. The standard InChI is InChI=1S/C15H21N3O3S/c1-11-6-16-7-13(17-11)21-12-3-4-20-15(5-12)9-18(10-15)14(19)8-22-2/h6-7,12H,3-5,8-10H2,1-2H3/t12-/m1/s1. The Hall–Kier alpha value is -1.34. The summed E-state index contributed by atoms with van der Waals surface area (Å²) >= 11 is 1.55. The molecule has 2 fully saturated rings. The number of rotatable bonds is 4. The average Bonchev–Trinajstić information content (AvgIpc) is 2.45. The van der Waals surface area contributed by atoms with E-state index in [1.165, 1.54) is 0 Å². The minimum absolute atomic E-state index is 0.0719. The van der Waals surface area contributed by atoms with Gasteiger partial charge in [-0.2, -0.15) is 11.8 Å². The Balaban J connectivity index is 1.56. The van der Waals surface area contributed by atoms with E-state index in [-0.39, 0.29) is 17.6 Å². The second-order valence-electron chi connectivity index (χ2n) is 5.95. The summed E-state index contributed by atoms with van der Waals surface area (Å²) in [5.41, 5.74) is 0.616. The molecule has 7 heteroatoms. The molecule has 1 atom stereocenters. The summed E-state index contributed by atoms with van der Waals surface area (Å²) in [6.45, 7) is 3.90. The van der Waals surface area contributed by atoms with Crippen LogP contribution in [-0.4, -0.2) is 64.2 Å². The van der Waals surface area contributed by atoms with Crippen molar-refractivity contribution in [3.05, 3.63) is 18.1 Å². The molecule has 0 N–H and O–H groups in total. The molecule has 0 bridgehead atoms. The first kappa shape index (κ1) is 15.6. The fourth-order valence-corrected chi connectivity index (χ4v) is 3.44. The number of amides is 1. The van der Waals surface area contributed by atoms with Gasteiger partial charge in [0.2, 0.25) is 11.8 Å². The number of carbonyl (C=O) groups excluding carboxylic acids is 1. The van der Waals surface area contributed by atoms with Crippen LogP contribution in [0.25, 0.3) is 0 Å². The van der Waals surface area contributed by atoms with Gasteiger partial charge in [-0.25, -0.2) is 4.98 Å². The molecule has 6 nitrogen and oxygen atoms in total. The third kappa shape index (κ3) is 3.35. The molecule has 3 heterocycles. The van der Waals surface area contributed by atoms with E-state index >= 15 is 0 Å². The first-order valence-electron chi connectivity index (χ1n) is 7.46. The van der Waals surface area contributed by atoms with E-state index < -0.39 is 0 Å². The lowest BCUT2D eigenvalue weighted by Gasteiger charge is -2.52. The minimum atomic E-state index is -0.228. The van der Waals surface area contributed by atoms with Crippen LogP contribution in [0.15, 0.2) is 12.4 Å². The highest BCUT2D eigenvalue weighted by Gasteiger charge is 2.49. The number of carbonyl (C=O) groups is 1. The third-order valence-electron chi connectivity index (χ3n) is 4.05. The second kappa shape index (κ2) is 6.42. The van der Waals surface area contributed by atoms with Gasteiger partial charge in [-0.3, -0.25) is 9.78 Å². The van der Waals surface area contributed by atoms with E-state index in [2.05, 4.69) is 9.97 Å². The summed E-state index contributed by atoms with van der Waals surface area (Å²) < 4.78 is 11.9. The number of thioether (sulfide) groups is 1. The van der Waals surface area contributed by atoms with Crippen molar-refractivity contribution < 1.29 is 14.3 Å². The molecule has 1 aromatic rings. The van der Waals surface area contributed by atoms with Crippen LogP contribution < -0.4 is 4.74 Å². The van der Waals surface area contributed by atoms with Gasteiger partial charge < -0.3 is 14.4 Å². The van der Waals surface area contributed by atoms with Crippen LogP contribution in [0.5, 0.6) is 5.88 Å².